The Morgan fingerprint density at radius 3 is 1.80 bits per heavy atom. The van der Waals surface area contributed by atoms with Gasteiger partial charge in [-0.05, 0) is 77.0 Å². The van der Waals surface area contributed by atoms with Gasteiger partial charge in [0.05, 0.1) is 25.6 Å². The lowest BCUT2D eigenvalue weighted by molar-refractivity contribution is -0.145. The van der Waals surface area contributed by atoms with E-state index in [1.165, 1.54) is 11.6 Å². The summed E-state index contributed by atoms with van der Waals surface area (Å²) < 4.78 is 12.2. The van der Waals surface area contributed by atoms with E-state index >= 15 is 0 Å². The summed E-state index contributed by atoms with van der Waals surface area (Å²) in [6.45, 7) is 1.44. The van der Waals surface area contributed by atoms with Crippen molar-refractivity contribution in [3.8, 4) is 22.8 Å². The topological polar surface area (TPSA) is 112 Å². The van der Waals surface area contributed by atoms with Crippen LogP contribution in [0.25, 0.3) is 22.9 Å². The predicted molar refractivity (Wildman–Crippen MR) is 190 cm³/mol. The molecule has 1 aliphatic carbocycles. The summed E-state index contributed by atoms with van der Waals surface area (Å²) in [4.78, 5) is 43.3. The van der Waals surface area contributed by atoms with Crippen molar-refractivity contribution in [2.45, 2.75) is 18.8 Å². The van der Waals surface area contributed by atoms with Crippen molar-refractivity contribution in [2.75, 3.05) is 14.2 Å². The number of amides is 2. The van der Waals surface area contributed by atoms with Gasteiger partial charge in [-0.2, -0.15) is 9.78 Å². The number of fused-ring (bicyclic) bond motifs is 1. The standard InChI is InChI=1S/C39H32N4O5S/c1-23(44)43-35(27-16-20-29(48-3)21-17-27)31-33(26-12-8-5-9-13-26)39(36(45)40-38(49)41-37(39)46)32(25-10-6-4-7-11-25)30(34(31)42-43)22-24-14-18-28(47-2)19-15-24/h4-22,32-33H,1-3H3,(H2,40,41,45,46,49)/b30-22-. The van der Waals surface area contributed by atoms with Crippen LogP contribution in [0.4, 0.5) is 0 Å². The molecule has 0 bridgehead atoms. The smallest absolute Gasteiger partial charge is 0.244 e. The van der Waals surface area contributed by atoms with Crippen LogP contribution in [0.1, 0.15) is 51.5 Å². The maximum Gasteiger partial charge on any atom is 0.244 e. The molecule has 9 nitrogen and oxygen atoms in total. The minimum atomic E-state index is -1.82. The van der Waals surface area contributed by atoms with Crippen LogP contribution >= 0.6 is 12.2 Å². The van der Waals surface area contributed by atoms with Crippen molar-refractivity contribution >= 4 is 46.7 Å². The third-order valence-electron chi connectivity index (χ3n) is 9.28. The molecule has 2 aliphatic rings. The highest BCUT2D eigenvalue weighted by atomic mass is 32.1. The number of carbonyl (C=O) groups excluding carboxylic acids is 3. The van der Waals surface area contributed by atoms with Gasteiger partial charge < -0.3 is 20.1 Å². The average Bonchev–Trinajstić information content (AvgIpc) is 3.52. The molecule has 1 spiro atoms. The van der Waals surface area contributed by atoms with E-state index in [2.05, 4.69) is 10.6 Å². The van der Waals surface area contributed by atoms with Crippen molar-refractivity contribution in [2.24, 2.45) is 5.41 Å². The fraction of sp³-hybridized carbons (Fsp3) is 0.154. The zero-order valence-corrected chi connectivity index (χ0v) is 27.8. The number of methoxy groups -OCH3 is 2. The Bertz CT molecular complexity index is 2100. The van der Waals surface area contributed by atoms with Gasteiger partial charge in [0.1, 0.15) is 11.5 Å². The maximum atomic E-state index is 14.9. The molecule has 4 aromatic carbocycles. The summed E-state index contributed by atoms with van der Waals surface area (Å²) >= 11 is 5.36. The second-order valence-electron chi connectivity index (χ2n) is 11.9. The number of ether oxygens (including phenoxy) is 2. The number of hydrogen-bond acceptors (Lipinski definition) is 7. The summed E-state index contributed by atoms with van der Waals surface area (Å²) in [5, 5.41) is 10.6. The second-order valence-corrected chi connectivity index (χ2v) is 12.3. The number of aromatic nitrogens is 2. The second kappa shape index (κ2) is 12.6. The molecule has 5 aromatic rings. The van der Waals surface area contributed by atoms with Crippen LogP contribution in [0, 0.1) is 5.41 Å². The number of carbonyl (C=O) groups is 3. The van der Waals surface area contributed by atoms with E-state index in [1.54, 1.807) is 26.4 Å². The fourth-order valence-corrected chi connectivity index (χ4v) is 7.40. The molecule has 2 amide bonds. The molecule has 0 saturated carbocycles. The fourth-order valence-electron chi connectivity index (χ4n) is 7.21. The highest BCUT2D eigenvalue weighted by Crippen LogP contribution is 2.63. The Morgan fingerprint density at radius 1 is 0.776 bits per heavy atom. The van der Waals surface area contributed by atoms with Gasteiger partial charge in [0.2, 0.25) is 17.7 Å². The molecule has 1 saturated heterocycles. The molecule has 244 valence electrons. The van der Waals surface area contributed by atoms with Crippen molar-refractivity contribution in [3.05, 3.63) is 137 Å². The molecule has 1 aliphatic heterocycles. The van der Waals surface area contributed by atoms with Crippen molar-refractivity contribution in [1.82, 2.24) is 20.4 Å². The Morgan fingerprint density at radius 2 is 1.29 bits per heavy atom. The van der Waals surface area contributed by atoms with Crippen molar-refractivity contribution in [3.63, 3.8) is 0 Å². The van der Waals surface area contributed by atoms with Gasteiger partial charge in [0.15, 0.2) is 10.5 Å². The van der Waals surface area contributed by atoms with Crippen LogP contribution in [0.3, 0.4) is 0 Å². The van der Waals surface area contributed by atoms with Gasteiger partial charge >= 0.3 is 0 Å². The summed E-state index contributed by atoms with van der Waals surface area (Å²) in [7, 11) is 3.18. The molecule has 2 N–H and O–H groups in total. The van der Waals surface area contributed by atoms with E-state index < -0.39 is 29.1 Å². The van der Waals surface area contributed by atoms with Crippen LogP contribution in [0.5, 0.6) is 11.5 Å². The molecule has 49 heavy (non-hydrogen) atoms. The van der Waals surface area contributed by atoms with Gasteiger partial charge in [-0.25, -0.2) is 0 Å². The third kappa shape index (κ3) is 5.21. The highest BCUT2D eigenvalue weighted by Gasteiger charge is 2.65. The molecule has 7 rings (SSSR count). The SMILES string of the molecule is COc1ccc(/C=C2\c3nn(C(C)=O)c(-c4ccc(OC)cc4)c3C(c3ccccc3)C3(C(=O)NC(=S)NC3=O)C2c2ccccc2)cc1. The largest absolute Gasteiger partial charge is 0.497 e. The van der Waals surface area contributed by atoms with Crippen LogP contribution in [-0.2, 0) is 9.59 Å². The molecule has 10 heteroatoms. The Labute approximate surface area is 288 Å². The monoisotopic (exact) mass is 668 g/mol. The number of nitrogens with one attached hydrogen (secondary N) is 2. The number of nitrogens with zero attached hydrogens (tertiary/aromatic N) is 2. The molecule has 0 radical (unpaired) electrons. The maximum absolute atomic E-state index is 14.9. The van der Waals surface area contributed by atoms with Crippen LogP contribution in [-0.4, -0.2) is 46.8 Å². The molecular weight excluding hydrogens is 637 g/mol. The Hall–Kier alpha value is -5.87. The van der Waals surface area contributed by atoms with Gasteiger partial charge in [-0.1, -0.05) is 72.8 Å². The summed E-state index contributed by atoms with van der Waals surface area (Å²) in [5.41, 5.74) is 3.17. The van der Waals surface area contributed by atoms with Gasteiger partial charge in [-0.3, -0.25) is 14.4 Å². The van der Waals surface area contributed by atoms with E-state index in [0.29, 0.717) is 45.2 Å². The van der Waals surface area contributed by atoms with Gasteiger partial charge in [-0.15, -0.1) is 0 Å². The number of hydrogen-bond donors (Lipinski definition) is 2. The van der Waals surface area contributed by atoms with Crippen LogP contribution in [0.15, 0.2) is 109 Å². The quantitative estimate of drug-likeness (QED) is 0.163. The first-order chi connectivity index (χ1) is 23.8. The highest BCUT2D eigenvalue weighted by molar-refractivity contribution is 7.80. The van der Waals surface area contributed by atoms with E-state index in [-0.39, 0.29) is 11.0 Å². The minimum Gasteiger partial charge on any atom is -0.497 e. The lowest BCUT2D eigenvalue weighted by Crippen LogP contribution is -2.67. The molecular formula is C39H32N4O5S. The molecule has 2 heterocycles. The minimum absolute atomic E-state index is 0.0689. The zero-order chi connectivity index (χ0) is 34.3. The number of thiocarbonyl (C=S) groups is 1. The number of benzene rings is 4. The predicted octanol–water partition coefficient (Wildman–Crippen LogP) is 6.21. The molecule has 2 unspecified atom stereocenters. The first-order valence-electron chi connectivity index (χ1n) is 15.7. The normalized spacial score (nSPS) is 18.8. The molecule has 2 atom stereocenters. The molecule has 1 aromatic heterocycles. The lowest BCUT2D eigenvalue weighted by atomic mass is 9.52. The van der Waals surface area contributed by atoms with Crippen LogP contribution in [0.2, 0.25) is 0 Å². The average molecular weight is 669 g/mol. The first-order valence-corrected chi connectivity index (χ1v) is 16.1. The molecule has 1 fully saturated rings. The van der Waals surface area contributed by atoms with E-state index in [9.17, 15) is 14.4 Å². The van der Waals surface area contributed by atoms with Crippen molar-refractivity contribution in [1.29, 1.82) is 0 Å². The number of allylic oxidation sites excluding steroid dienone is 1. The Kier molecular flexibility index (Phi) is 8.17. The van der Waals surface area contributed by atoms with Gasteiger partial charge in [0.25, 0.3) is 0 Å². The summed E-state index contributed by atoms with van der Waals surface area (Å²) in [6, 6.07) is 33.6. The van der Waals surface area contributed by atoms with Gasteiger partial charge in [0, 0.05) is 29.9 Å². The zero-order valence-electron chi connectivity index (χ0n) is 27.0. The number of rotatable bonds is 6. The lowest BCUT2D eigenvalue weighted by Gasteiger charge is -2.49. The van der Waals surface area contributed by atoms with E-state index in [1.807, 2.05) is 103 Å². The Balaban J connectivity index is 1.67. The summed E-state index contributed by atoms with van der Waals surface area (Å²) in [6.07, 6.45) is 1.93. The van der Waals surface area contributed by atoms with E-state index in [0.717, 1.165) is 11.1 Å². The first kappa shape index (κ1) is 31.7. The third-order valence-corrected chi connectivity index (χ3v) is 9.48. The van der Waals surface area contributed by atoms with Crippen molar-refractivity contribution < 1.29 is 23.9 Å². The van der Waals surface area contributed by atoms with E-state index in [4.69, 9.17) is 26.8 Å². The summed E-state index contributed by atoms with van der Waals surface area (Å²) in [5.74, 6) is -1.90. The van der Waals surface area contributed by atoms with Crippen LogP contribution < -0.4 is 20.1 Å².